The SMILES string of the molecule is FC(F)(F)c1cccc(OC(c2ccccc2)C2CCNCC2)c1. The summed E-state index contributed by atoms with van der Waals surface area (Å²) in [6.45, 7) is 1.81. The molecule has 1 unspecified atom stereocenters. The molecule has 2 nitrogen and oxygen atoms in total. The van der Waals surface area contributed by atoms with E-state index in [9.17, 15) is 13.2 Å². The van der Waals surface area contributed by atoms with E-state index in [4.69, 9.17) is 4.74 Å². The van der Waals surface area contributed by atoms with E-state index in [-0.39, 0.29) is 17.8 Å². The van der Waals surface area contributed by atoms with E-state index < -0.39 is 11.7 Å². The van der Waals surface area contributed by atoms with Crippen LogP contribution in [0.5, 0.6) is 5.75 Å². The van der Waals surface area contributed by atoms with Crippen LogP contribution in [0.1, 0.15) is 30.1 Å². The van der Waals surface area contributed by atoms with Crippen molar-refractivity contribution >= 4 is 0 Å². The van der Waals surface area contributed by atoms with Crippen molar-refractivity contribution in [3.05, 3.63) is 65.7 Å². The number of benzene rings is 2. The standard InChI is InChI=1S/C19H20F3NO/c20-19(21,22)16-7-4-8-17(13-16)24-18(14-5-2-1-3-6-14)15-9-11-23-12-10-15/h1-8,13,15,18,23H,9-12H2. The predicted molar refractivity (Wildman–Crippen MR) is 86.8 cm³/mol. The van der Waals surface area contributed by atoms with Crippen molar-refractivity contribution in [1.82, 2.24) is 5.32 Å². The maximum absolute atomic E-state index is 12.9. The molecular formula is C19H20F3NO. The minimum Gasteiger partial charge on any atom is -0.485 e. The summed E-state index contributed by atoms with van der Waals surface area (Å²) in [5.41, 5.74) is 0.318. The second kappa shape index (κ2) is 7.26. The molecule has 128 valence electrons. The number of ether oxygens (including phenoxy) is 1. The topological polar surface area (TPSA) is 21.3 Å². The second-order valence-corrected chi connectivity index (χ2v) is 6.06. The van der Waals surface area contributed by atoms with Crippen LogP contribution in [0.15, 0.2) is 54.6 Å². The minimum absolute atomic E-state index is 0.239. The Labute approximate surface area is 139 Å². The van der Waals surface area contributed by atoms with Gasteiger partial charge in [-0.3, -0.25) is 0 Å². The second-order valence-electron chi connectivity index (χ2n) is 6.06. The summed E-state index contributed by atoms with van der Waals surface area (Å²) in [6, 6.07) is 14.9. The average molecular weight is 335 g/mol. The monoisotopic (exact) mass is 335 g/mol. The van der Waals surface area contributed by atoms with E-state index >= 15 is 0 Å². The Morgan fingerprint density at radius 2 is 1.67 bits per heavy atom. The molecule has 1 aliphatic rings. The van der Waals surface area contributed by atoms with Gasteiger partial charge in [0.25, 0.3) is 0 Å². The maximum Gasteiger partial charge on any atom is 0.416 e. The minimum atomic E-state index is -4.36. The molecule has 24 heavy (non-hydrogen) atoms. The number of hydrogen-bond acceptors (Lipinski definition) is 2. The van der Waals surface area contributed by atoms with Gasteiger partial charge in [0, 0.05) is 5.92 Å². The van der Waals surface area contributed by atoms with E-state index in [1.807, 2.05) is 30.3 Å². The van der Waals surface area contributed by atoms with Gasteiger partial charge in [-0.25, -0.2) is 0 Å². The lowest BCUT2D eigenvalue weighted by Crippen LogP contribution is -2.32. The Morgan fingerprint density at radius 3 is 2.33 bits per heavy atom. The van der Waals surface area contributed by atoms with E-state index in [2.05, 4.69) is 5.32 Å². The van der Waals surface area contributed by atoms with Gasteiger partial charge in [-0.1, -0.05) is 36.4 Å². The molecule has 0 bridgehead atoms. The molecule has 0 saturated carbocycles. The first-order valence-corrected chi connectivity index (χ1v) is 8.13. The summed E-state index contributed by atoms with van der Waals surface area (Å²) in [5, 5.41) is 3.31. The molecule has 3 rings (SSSR count). The number of hydrogen-bond donors (Lipinski definition) is 1. The first kappa shape index (κ1) is 16.8. The highest BCUT2D eigenvalue weighted by Gasteiger charge is 2.31. The number of rotatable bonds is 4. The van der Waals surface area contributed by atoms with Crippen LogP contribution < -0.4 is 10.1 Å². The molecule has 1 N–H and O–H groups in total. The molecule has 1 fully saturated rings. The van der Waals surface area contributed by atoms with Crippen molar-refractivity contribution in [2.45, 2.75) is 25.1 Å². The molecule has 2 aromatic rings. The Hall–Kier alpha value is -2.01. The average Bonchev–Trinajstić information content (AvgIpc) is 2.61. The Bertz CT molecular complexity index is 651. The fourth-order valence-electron chi connectivity index (χ4n) is 3.12. The molecule has 0 spiro atoms. The predicted octanol–water partition coefficient (Wildman–Crippen LogP) is 4.83. The number of halogens is 3. The van der Waals surface area contributed by atoms with Gasteiger partial charge in [0.15, 0.2) is 0 Å². The smallest absolute Gasteiger partial charge is 0.416 e. The highest BCUT2D eigenvalue weighted by molar-refractivity contribution is 5.31. The van der Waals surface area contributed by atoms with Gasteiger partial charge in [0.05, 0.1) is 5.56 Å². The van der Waals surface area contributed by atoms with Crippen LogP contribution in [0.3, 0.4) is 0 Å². The van der Waals surface area contributed by atoms with Gasteiger partial charge in [-0.15, -0.1) is 0 Å². The van der Waals surface area contributed by atoms with Crippen LogP contribution in [0.25, 0.3) is 0 Å². The van der Waals surface area contributed by atoms with Crippen molar-refractivity contribution in [2.24, 2.45) is 5.92 Å². The lowest BCUT2D eigenvalue weighted by molar-refractivity contribution is -0.137. The third-order valence-corrected chi connectivity index (χ3v) is 4.36. The van der Waals surface area contributed by atoms with Crippen molar-refractivity contribution in [3.63, 3.8) is 0 Å². The van der Waals surface area contributed by atoms with E-state index in [0.717, 1.165) is 43.6 Å². The summed E-state index contributed by atoms with van der Waals surface area (Å²) in [4.78, 5) is 0. The highest BCUT2D eigenvalue weighted by atomic mass is 19.4. The fraction of sp³-hybridized carbons (Fsp3) is 0.368. The molecule has 1 aliphatic heterocycles. The number of alkyl halides is 3. The maximum atomic E-state index is 12.9. The summed E-state index contributed by atoms with van der Waals surface area (Å²) < 4.78 is 44.8. The van der Waals surface area contributed by atoms with Gasteiger partial charge in [0.1, 0.15) is 11.9 Å². The van der Waals surface area contributed by atoms with Gasteiger partial charge in [-0.2, -0.15) is 13.2 Å². The quantitative estimate of drug-likeness (QED) is 0.864. The number of nitrogens with one attached hydrogen (secondary N) is 1. The van der Waals surface area contributed by atoms with Crippen LogP contribution in [-0.2, 0) is 6.18 Å². The summed E-state index contributed by atoms with van der Waals surface area (Å²) in [7, 11) is 0. The van der Waals surface area contributed by atoms with Gasteiger partial charge in [0.2, 0.25) is 0 Å². The van der Waals surface area contributed by atoms with Crippen LogP contribution in [0, 0.1) is 5.92 Å². The molecule has 0 aromatic heterocycles. The summed E-state index contributed by atoms with van der Waals surface area (Å²) in [6.07, 6.45) is -2.72. The fourth-order valence-corrected chi connectivity index (χ4v) is 3.12. The summed E-state index contributed by atoms with van der Waals surface area (Å²) in [5.74, 6) is 0.542. The molecule has 1 heterocycles. The van der Waals surface area contributed by atoms with Crippen LogP contribution in [-0.4, -0.2) is 13.1 Å². The zero-order valence-electron chi connectivity index (χ0n) is 13.2. The molecule has 0 amide bonds. The van der Waals surface area contributed by atoms with Crippen LogP contribution in [0.2, 0.25) is 0 Å². The van der Waals surface area contributed by atoms with Crippen LogP contribution >= 0.6 is 0 Å². The van der Waals surface area contributed by atoms with E-state index in [1.54, 1.807) is 6.07 Å². The molecule has 1 atom stereocenters. The third kappa shape index (κ3) is 4.09. The lowest BCUT2D eigenvalue weighted by atomic mass is 9.88. The Balaban J connectivity index is 1.86. The van der Waals surface area contributed by atoms with E-state index in [1.165, 1.54) is 6.07 Å². The van der Waals surface area contributed by atoms with Crippen molar-refractivity contribution in [3.8, 4) is 5.75 Å². The molecular weight excluding hydrogens is 315 g/mol. The largest absolute Gasteiger partial charge is 0.485 e. The van der Waals surface area contributed by atoms with Crippen molar-refractivity contribution in [2.75, 3.05) is 13.1 Å². The van der Waals surface area contributed by atoms with Crippen LogP contribution in [0.4, 0.5) is 13.2 Å². The van der Waals surface area contributed by atoms with Gasteiger partial charge >= 0.3 is 6.18 Å². The highest BCUT2D eigenvalue weighted by Crippen LogP contribution is 2.36. The first-order chi connectivity index (χ1) is 11.5. The molecule has 5 heteroatoms. The Kier molecular flexibility index (Phi) is 5.09. The normalized spacial score (nSPS) is 17.5. The van der Waals surface area contributed by atoms with Crippen molar-refractivity contribution < 1.29 is 17.9 Å². The number of piperidine rings is 1. The Morgan fingerprint density at radius 1 is 0.958 bits per heavy atom. The van der Waals surface area contributed by atoms with Crippen molar-refractivity contribution in [1.29, 1.82) is 0 Å². The lowest BCUT2D eigenvalue weighted by Gasteiger charge is -2.31. The summed E-state index contributed by atoms with van der Waals surface area (Å²) >= 11 is 0. The zero-order valence-corrected chi connectivity index (χ0v) is 13.2. The molecule has 2 aromatic carbocycles. The molecule has 0 radical (unpaired) electrons. The third-order valence-electron chi connectivity index (χ3n) is 4.36. The first-order valence-electron chi connectivity index (χ1n) is 8.13. The molecule has 0 aliphatic carbocycles. The molecule has 1 saturated heterocycles. The van der Waals surface area contributed by atoms with Gasteiger partial charge in [-0.05, 0) is 49.7 Å². The van der Waals surface area contributed by atoms with E-state index in [0.29, 0.717) is 0 Å². The zero-order chi connectivity index (χ0) is 17.0. The van der Waals surface area contributed by atoms with Gasteiger partial charge < -0.3 is 10.1 Å².